The van der Waals surface area contributed by atoms with Crippen molar-refractivity contribution >= 4 is 34.8 Å². The highest BCUT2D eigenvalue weighted by Crippen LogP contribution is 2.26. The third-order valence-corrected chi connectivity index (χ3v) is 4.10. The van der Waals surface area contributed by atoms with Crippen molar-refractivity contribution in [3.63, 3.8) is 0 Å². The first-order valence-electron chi connectivity index (χ1n) is 7.18. The van der Waals surface area contributed by atoms with Crippen LogP contribution in [-0.2, 0) is 4.79 Å². The molecule has 6 heteroatoms. The van der Waals surface area contributed by atoms with Crippen LogP contribution in [0.1, 0.15) is 15.9 Å². The third kappa shape index (κ3) is 3.91. The van der Waals surface area contributed by atoms with Gasteiger partial charge in [0.1, 0.15) is 5.75 Å². The minimum Gasteiger partial charge on any atom is -0.485 e. The smallest absolute Gasteiger partial charge is 0.290 e. The van der Waals surface area contributed by atoms with Crippen LogP contribution in [0.25, 0.3) is 6.08 Å². The molecule has 0 radical (unpaired) electrons. The van der Waals surface area contributed by atoms with E-state index >= 15 is 0 Å². The quantitative estimate of drug-likeness (QED) is 0.668. The van der Waals surface area contributed by atoms with Gasteiger partial charge in [0.2, 0.25) is 0 Å². The second-order valence-corrected chi connectivity index (χ2v) is 6.01. The molecule has 0 aromatic heterocycles. The Bertz CT molecular complexity index is 813. The zero-order valence-corrected chi connectivity index (χ0v) is 13.3. The zero-order chi connectivity index (χ0) is 16.9. The van der Waals surface area contributed by atoms with E-state index in [0.29, 0.717) is 16.2 Å². The molecule has 120 valence electrons. The monoisotopic (exact) mass is 339 g/mol. The lowest BCUT2D eigenvalue weighted by Crippen LogP contribution is -2.17. The molecule has 5 nitrogen and oxygen atoms in total. The van der Waals surface area contributed by atoms with Gasteiger partial charge in [-0.05, 0) is 35.5 Å². The molecule has 2 amide bonds. The van der Waals surface area contributed by atoms with Crippen LogP contribution in [-0.4, -0.2) is 23.5 Å². The van der Waals surface area contributed by atoms with E-state index < -0.39 is 5.91 Å². The van der Waals surface area contributed by atoms with Crippen molar-refractivity contribution in [1.82, 2.24) is 5.32 Å². The summed E-state index contributed by atoms with van der Waals surface area (Å²) >= 11 is 0.870. The summed E-state index contributed by atoms with van der Waals surface area (Å²) in [5, 5.41) is 1.83. The Morgan fingerprint density at radius 3 is 2.38 bits per heavy atom. The number of hydrogen-bond donors (Lipinski definition) is 1. The highest BCUT2D eigenvalue weighted by molar-refractivity contribution is 8.18. The predicted molar refractivity (Wildman–Crippen MR) is 91.8 cm³/mol. The van der Waals surface area contributed by atoms with Gasteiger partial charge in [0.25, 0.3) is 11.1 Å². The van der Waals surface area contributed by atoms with Gasteiger partial charge in [-0.1, -0.05) is 42.5 Å². The van der Waals surface area contributed by atoms with Gasteiger partial charge in [-0.15, -0.1) is 0 Å². The second-order valence-electron chi connectivity index (χ2n) is 5.00. The standard InChI is InChI=1S/C18H13NO4S/c20-15(13-4-2-1-3-5-13)11-23-14-8-6-12(7-9-14)10-16-17(21)19-18(22)24-16/h1-10H,11H2,(H,19,21,22)/b16-10+. The highest BCUT2D eigenvalue weighted by Gasteiger charge is 2.24. The van der Waals surface area contributed by atoms with E-state index in [1.54, 1.807) is 54.6 Å². The number of benzene rings is 2. The van der Waals surface area contributed by atoms with Crippen molar-refractivity contribution < 1.29 is 19.1 Å². The van der Waals surface area contributed by atoms with Crippen LogP contribution in [0.3, 0.4) is 0 Å². The minimum absolute atomic E-state index is 0.0444. The van der Waals surface area contributed by atoms with E-state index in [4.69, 9.17) is 4.74 Å². The molecular weight excluding hydrogens is 326 g/mol. The molecule has 2 aromatic carbocycles. The summed E-state index contributed by atoms with van der Waals surface area (Å²) in [5.41, 5.74) is 1.37. The van der Waals surface area contributed by atoms with E-state index in [1.807, 2.05) is 6.07 Å². The molecule has 0 aliphatic carbocycles. The molecule has 0 spiro atoms. The number of amides is 2. The van der Waals surface area contributed by atoms with E-state index in [9.17, 15) is 14.4 Å². The summed E-state index contributed by atoms with van der Waals surface area (Å²) < 4.78 is 5.48. The third-order valence-electron chi connectivity index (χ3n) is 3.29. The van der Waals surface area contributed by atoms with Crippen LogP contribution in [0, 0.1) is 0 Å². The Balaban J connectivity index is 1.61. The Morgan fingerprint density at radius 1 is 1.04 bits per heavy atom. The first kappa shape index (κ1) is 16.0. The lowest BCUT2D eigenvalue weighted by molar-refractivity contribution is -0.115. The van der Waals surface area contributed by atoms with Crippen molar-refractivity contribution in [2.75, 3.05) is 6.61 Å². The average molecular weight is 339 g/mol. The van der Waals surface area contributed by atoms with Crippen LogP contribution in [0.4, 0.5) is 4.79 Å². The molecule has 1 saturated heterocycles. The maximum Gasteiger partial charge on any atom is 0.290 e. The molecule has 0 saturated carbocycles. The zero-order valence-electron chi connectivity index (χ0n) is 12.5. The van der Waals surface area contributed by atoms with E-state index in [-0.39, 0.29) is 17.6 Å². The van der Waals surface area contributed by atoms with Crippen LogP contribution < -0.4 is 10.1 Å². The number of imide groups is 1. The van der Waals surface area contributed by atoms with E-state index in [0.717, 1.165) is 17.3 Å². The molecule has 1 aliphatic heterocycles. The Morgan fingerprint density at radius 2 is 1.75 bits per heavy atom. The van der Waals surface area contributed by atoms with E-state index in [2.05, 4.69) is 5.32 Å². The van der Waals surface area contributed by atoms with Gasteiger partial charge in [-0.3, -0.25) is 19.7 Å². The number of ether oxygens (including phenoxy) is 1. The van der Waals surface area contributed by atoms with Gasteiger partial charge < -0.3 is 4.74 Å². The van der Waals surface area contributed by atoms with Gasteiger partial charge in [0.15, 0.2) is 12.4 Å². The molecule has 1 N–H and O–H groups in total. The molecule has 3 rings (SSSR count). The minimum atomic E-state index is -0.390. The number of rotatable bonds is 5. The van der Waals surface area contributed by atoms with Crippen molar-refractivity contribution in [2.45, 2.75) is 0 Å². The van der Waals surface area contributed by atoms with Gasteiger partial charge in [0.05, 0.1) is 4.91 Å². The fourth-order valence-electron chi connectivity index (χ4n) is 2.09. The summed E-state index contributed by atoms with van der Waals surface area (Å²) in [6.45, 7) is -0.0444. The molecule has 1 fully saturated rings. The van der Waals surface area contributed by atoms with Crippen LogP contribution in [0.15, 0.2) is 59.5 Å². The fourth-order valence-corrected chi connectivity index (χ4v) is 2.77. The lowest BCUT2D eigenvalue weighted by Gasteiger charge is -2.06. The summed E-state index contributed by atoms with van der Waals surface area (Å²) in [5.74, 6) is 0.0687. The number of thioether (sulfide) groups is 1. The normalized spacial score (nSPS) is 15.4. The maximum absolute atomic E-state index is 12.0. The number of carbonyl (C=O) groups is 3. The molecule has 0 unspecified atom stereocenters. The van der Waals surface area contributed by atoms with Gasteiger partial charge >= 0.3 is 0 Å². The number of nitrogens with one attached hydrogen (secondary N) is 1. The number of ketones is 1. The van der Waals surface area contributed by atoms with Crippen molar-refractivity contribution in [1.29, 1.82) is 0 Å². The van der Waals surface area contributed by atoms with Gasteiger partial charge in [-0.25, -0.2) is 0 Å². The predicted octanol–water partition coefficient (Wildman–Crippen LogP) is 3.27. The average Bonchev–Trinajstić information content (AvgIpc) is 2.92. The van der Waals surface area contributed by atoms with Crippen molar-refractivity contribution in [3.05, 3.63) is 70.6 Å². The highest BCUT2D eigenvalue weighted by atomic mass is 32.2. The molecule has 1 heterocycles. The molecule has 2 aromatic rings. The van der Waals surface area contributed by atoms with Crippen LogP contribution in [0.5, 0.6) is 5.75 Å². The molecule has 0 atom stereocenters. The second kappa shape index (κ2) is 7.14. The lowest BCUT2D eigenvalue weighted by atomic mass is 10.1. The largest absolute Gasteiger partial charge is 0.485 e. The Labute approximate surface area is 142 Å². The molecule has 1 aliphatic rings. The summed E-state index contributed by atoms with van der Waals surface area (Å²) in [4.78, 5) is 34.9. The SMILES string of the molecule is O=C1NC(=O)/C(=C\c2ccc(OCC(=O)c3ccccc3)cc2)S1. The number of Topliss-reactive ketones (excluding diaryl/α,β-unsaturated/α-hetero) is 1. The Kier molecular flexibility index (Phi) is 4.77. The van der Waals surface area contributed by atoms with Gasteiger partial charge in [-0.2, -0.15) is 0 Å². The first-order valence-corrected chi connectivity index (χ1v) is 7.99. The van der Waals surface area contributed by atoms with Gasteiger partial charge in [0, 0.05) is 5.56 Å². The van der Waals surface area contributed by atoms with Crippen molar-refractivity contribution in [2.24, 2.45) is 0 Å². The van der Waals surface area contributed by atoms with E-state index in [1.165, 1.54) is 0 Å². The maximum atomic E-state index is 12.0. The summed E-state index contributed by atoms with van der Waals surface area (Å²) in [7, 11) is 0. The van der Waals surface area contributed by atoms with Crippen LogP contribution >= 0.6 is 11.8 Å². The molecule has 24 heavy (non-hydrogen) atoms. The van der Waals surface area contributed by atoms with Crippen LogP contribution in [0.2, 0.25) is 0 Å². The summed E-state index contributed by atoms with van der Waals surface area (Å²) in [6, 6.07) is 15.9. The molecule has 0 bridgehead atoms. The van der Waals surface area contributed by atoms with Crippen molar-refractivity contribution in [3.8, 4) is 5.75 Å². The first-order chi connectivity index (χ1) is 11.6. The number of carbonyl (C=O) groups excluding carboxylic acids is 3. The topological polar surface area (TPSA) is 72.5 Å². The number of hydrogen-bond acceptors (Lipinski definition) is 5. The fraction of sp³-hybridized carbons (Fsp3) is 0.0556. The molecular formula is C18H13NO4S. The Hall–Kier alpha value is -2.86. The summed E-state index contributed by atoms with van der Waals surface area (Å²) in [6.07, 6.45) is 1.63.